The van der Waals surface area contributed by atoms with Gasteiger partial charge >= 0.3 is 0 Å². The molecule has 3 N–H and O–H groups in total. The highest BCUT2D eigenvalue weighted by atomic mass is 32.2. The maximum atomic E-state index is 7.43. The van der Waals surface area contributed by atoms with E-state index in [0.717, 1.165) is 16.2 Å². The van der Waals surface area contributed by atoms with Crippen LogP contribution in [0.15, 0.2) is 29.2 Å². The summed E-state index contributed by atoms with van der Waals surface area (Å²) in [5, 5.41) is 7.43. The molecule has 0 bridgehead atoms. The number of amidine groups is 1. The minimum Gasteiger partial charge on any atom is -0.384 e. The lowest BCUT2D eigenvalue weighted by Crippen LogP contribution is -2.12. The van der Waals surface area contributed by atoms with E-state index in [1.165, 1.54) is 0 Å². The van der Waals surface area contributed by atoms with E-state index in [4.69, 9.17) is 11.1 Å². The quantitative estimate of drug-likeness (QED) is 0.454. The summed E-state index contributed by atoms with van der Waals surface area (Å²) in [6, 6.07) is 7.81. The largest absolute Gasteiger partial charge is 0.384 e. The molecule has 0 aromatic heterocycles. The fourth-order valence-corrected chi connectivity index (χ4v) is 2.09. The van der Waals surface area contributed by atoms with Crippen LogP contribution in [-0.4, -0.2) is 11.6 Å². The number of rotatable bonds is 4. The van der Waals surface area contributed by atoms with Crippen molar-refractivity contribution in [3.05, 3.63) is 29.8 Å². The number of nitrogens with two attached hydrogens (primary N) is 1. The van der Waals surface area contributed by atoms with Crippen LogP contribution in [0, 0.1) is 11.3 Å². The van der Waals surface area contributed by atoms with Gasteiger partial charge in [0.2, 0.25) is 0 Å². The molecule has 0 fully saturated rings. The van der Waals surface area contributed by atoms with Gasteiger partial charge < -0.3 is 5.73 Å². The van der Waals surface area contributed by atoms with E-state index in [1.807, 2.05) is 24.3 Å². The molecule has 14 heavy (non-hydrogen) atoms. The van der Waals surface area contributed by atoms with Crippen LogP contribution >= 0.6 is 11.8 Å². The first-order valence-corrected chi connectivity index (χ1v) is 5.66. The monoisotopic (exact) mass is 208 g/mol. The van der Waals surface area contributed by atoms with Gasteiger partial charge in [0, 0.05) is 16.2 Å². The van der Waals surface area contributed by atoms with Crippen LogP contribution in [0.1, 0.15) is 19.4 Å². The van der Waals surface area contributed by atoms with E-state index in [1.54, 1.807) is 11.8 Å². The smallest absolute Gasteiger partial charge is 0.123 e. The molecule has 0 unspecified atom stereocenters. The first-order chi connectivity index (χ1) is 6.61. The molecule has 0 aliphatic carbocycles. The predicted octanol–water partition coefficient (Wildman–Crippen LogP) is 2.72. The van der Waals surface area contributed by atoms with Crippen LogP contribution in [0.4, 0.5) is 0 Å². The lowest BCUT2D eigenvalue weighted by Gasteiger charge is -2.08. The second-order valence-corrected chi connectivity index (χ2v) is 4.68. The minimum atomic E-state index is 0.150. The number of nitrogens with one attached hydrogen (secondary N) is 1. The zero-order valence-corrected chi connectivity index (χ0v) is 9.40. The number of nitrogen functional groups attached to an aromatic ring is 1. The van der Waals surface area contributed by atoms with Gasteiger partial charge in [-0.25, -0.2) is 0 Å². The van der Waals surface area contributed by atoms with Crippen molar-refractivity contribution < 1.29 is 0 Å². The SMILES string of the molecule is CC(C)CSc1ccccc1C(=N)N. The molecule has 0 saturated heterocycles. The third-order valence-corrected chi connectivity index (χ3v) is 3.25. The Kier molecular flexibility index (Phi) is 4.01. The average Bonchev–Trinajstić information content (AvgIpc) is 2.15. The van der Waals surface area contributed by atoms with Gasteiger partial charge in [0.15, 0.2) is 0 Å². The highest BCUT2D eigenvalue weighted by Gasteiger charge is 2.05. The van der Waals surface area contributed by atoms with E-state index in [0.29, 0.717) is 5.92 Å². The maximum absolute atomic E-state index is 7.43. The molecule has 2 nitrogen and oxygen atoms in total. The topological polar surface area (TPSA) is 49.9 Å². The fourth-order valence-electron chi connectivity index (χ4n) is 1.07. The van der Waals surface area contributed by atoms with E-state index in [2.05, 4.69) is 13.8 Å². The normalized spacial score (nSPS) is 10.5. The Morgan fingerprint density at radius 3 is 2.64 bits per heavy atom. The van der Waals surface area contributed by atoms with Crippen molar-refractivity contribution in [2.45, 2.75) is 18.7 Å². The highest BCUT2D eigenvalue weighted by Crippen LogP contribution is 2.24. The molecule has 3 heteroatoms. The average molecular weight is 208 g/mol. The number of hydrogen-bond donors (Lipinski definition) is 2. The first-order valence-electron chi connectivity index (χ1n) is 4.67. The van der Waals surface area contributed by atoms with Gasteiger partial charge in [0.25, 0.3) is 0 Å². The minimum absolute atomic E-state index is 0.150. The Morgan fingerprint density at radius 1 is 1.43 bits per heavy atom. The van der Waals surface area contributed by atoms with Crippen molar-refractivity contribution >= 4 is 17.6 Å². The molecule has 0 spiro atoms. The van der Waals surface area contributed by atoms with E-state index >= 15 is 0 Å². The standard InChI is InChI=1S/C11H16N2S/c1-8(2)7-14-10-6-4-3-5-9(10)11(12)13/h3-6,8H,7H2,1-2H3,(H3,12,13). The van der Waals surface area contributed by atoms with Gasteiger partial charge in [-0.15, -0.1) is 11.8 Å². The van der Waals surface area contributed by atoms with E-state index in [-0.39, 0.29) is 5.84 Å². The van der Waals surface area contributed by atoms with E-state index in [9.17, 15) is 0 Å². The predicted molar refractivity (Wildman–Crippen MR) is 63.0 cm³/mol. The summed E-state index contributed by atoms with van der Waals surface area (Å²) in [5.74, 6) is 1.86. The Bertz CT molecular complexity index is 321. The summed E-state index contributed by atoms with van der Waals surface area (Å²) in [4.78, 5) is 1.11. The molecular formula is C11H16N2S. The molecular weight excluding hydrogens is 192 g/mol. The van der Waals surface area contributed by atoms with Crippen LogP contribution in [0.25, 0.3) is 0 Å². The summed E-state index contributed by atoms with van der Waals surface area (Å²) in [7, 11) is 0. The van der Waals surface area contributed by atoms with Crippen LogP contribution in [-0.2, 0) is 0 Å². The molecule has 1 aromatic rings. The summed E-state index contributed by atoms with van der Waals surface area (Å²) in [5.41, 5.74) is 6.34. The second kappa shape index (κ2) is 5.05. The molecule has 0 amide bonds. The molecule has 0 saturated carbocycles. The Balaban J connectivity index is 2.79. The van der Waals surface area contributed by atoms with Crippen molar-refractivity contribution in [3.63, 3.8) is 0 Å². The Labute approximate surface area is 89.4 Å². The van der Waals surface area contributed by atoms with Gasteiger partial charge in [-0.05, 0) is 12.0 Å². The van der Waals surface area contributed by atoms with Gasteiger partial charge in [-0.2, -0.15) is 0 Å². The lowest BCUT2D eigenvalue weighted by molar-refractivity contribution is 0.750. The third-order valence-electron chi connectivity index (χ3n) is 1.75. The number of thioether (sulfide) groups is 1. The van der Waals surface area contributed by atoms with Crippen molar-refractivity contribution in [2.24, 2.45) is 11.7 Å². The van der Waals surface area contributed by atoms with Crippen molar-refractivity contribution in [1.82, 2.24) is 0 Å². The van der Waals surface area contributed by atoms with Crippen LogP contribution in [0.3, 0.4) is 0 Å². The molecule has 0 heterocycles. The van der Waals surface area contributed by atoms with Crippen molar-refractivity contribution in [3.8, 4) is 0 Å². The van der Waals surface area contributed by atoms with Gasteiger partial charge in [-0.3, -0.25) is 5.41 Å². The van der Waals surface area contributed by atoms with Crippen LogP contribution in [0.2, 0.25) is 0 Å². The van der Waals surface area contributed by atoms with E-state index < -0.39 is 0 Å². The van der Waals surface area contributed by atoms with Crippen molar-refractivity contribution in [2.75, 3.05) is 5.75 Å². The highest BCUT2D eigenvalue weighted by molar-refractivity contribution is 7.99. The number of hydrogen-bond acceptors (Lipinski definition) is 2. The molecule has 76 valence electrons. The lowest BCUT2D eigenvalue weighted by atomic mass is 10.2. The molecule has 0 aliphatic heterocycles. The molecule has 0 aliphatic rings. The zero-order valence-electron chi connectivity index (χ0n) is 8.58. The molecule has 1 aromatic carbocycles. The third kappa shape index (κ3) is 3.07. The molecule has 0 atom stereocenters. The second-order valence-electron chi connectivity index (χ2n) is 3.61. The van der Waals surface area contributed by atoms with Gasteiger partial charge in [0.05, 0.1) is 0 Å². The maximum Gasteiger partial charge on any atom is 0.123 e. The van der Waals surface area contributed by atoms with Crippen molar-refractivity contribution in [1.29, 1.82) is 5.41 Å². The Hall–Kier alpha value is -0.960. The number of benzene rings is 1. The zero-order chi connectivity index (χ0) is 10.6. The summed E-state index contributed by atoms with van der Waals surface area (Å²) < 4.78 is 0. The van der Waals surface area contributed by atoms with Crippen LogP contribution < -0.4 is 5.73 Å². The Morgan fingerprint density at radius 2 is 2.07 bits per heavy atom. The molecule has 0 radical (unpaired) electrons. The fraction of sp³-hybridized carbons (Fsp3) is 0.364. The van der Waals surface area contributed by atoms with Crippen LogP contribution in [0.5, 0.6) is 0 Å². The van der Waals surface area contributed by atoms with Gasteiger partial charge in [-0.1, -0.05) is 32.0 Å². The van der Waals surface area contributed by atoms with Gasteiger partial charge in [0.1, 0.15) is 5.84 Å². The summed E-state index contributed by atoms with van der Waals surface area (Å²) >= 11 is 1.76. The molecule has 1 rings (SSSR count). The first kappa shape index (κ1) is 11.1. The summed E-state index contributed by atoms with van der Waals surface area (Å²) in [6.07, 6.45) is 0. The summed E-state index contributed by atoms with van der Waals surface area (Å²) in [6.45, 7) is 4.37.